The molecule has 1 saturated heterocycles. The summed E-state index contributed by atoms with van der Waals surface area (Å²) in [5.74, 6) is 1.13. The molecular formula is C12H16ClN3O. The molecule has 2 unspecified atom stereocenters. The Morgan fingerprint density at radius 3 is 2.82 bits per heavy atom. The highest BCUT2D eigenvalue weighted by Gasteiger charge is 2.27. The first-order valence-corrected chi connectivity index (χ1v) is 6.22. The molecule has 1 aliphatic rings. The van der Waals surface area contributed by atoms with Crippen molar-refractivity contribution < 1.29 is 4.79 Å². The van der Waals surface area contributed by atoms with Crippen LogP contribution in [0.5, 0.6) is 0 Å². The number of rotatable bonds is 1. The fourth-order valence-electron chi connectivity index (χ4n) is 2.05. The summed E-state index contributed by atoms with van der Waals surface area (Å²) in [6.45, 7) is 5.98. The summed E-state index contributed by atoms with van der Waals surface area (Å²) in [5.41, 5.74) is 0.333. The minimum absolute atomic E-state index is 0.0706. The van der Waals surface area contributed by atoms with Crippen molar-refractivity contribution in [2.75, 3.05) is 13.1 Å². The number of piperidine rings is 1. The average molecular weight is 254 g/mol. The molecule has 5 heteroatoms. The van der Waals surface area contributed by atoms with Crippen molar-refractivity contribution in [1.29, 1.82) is 0 Å². The van der Waals surface area contributed by atoms with Gasteiger partial charge < -0.3 is 4.90 Å². The lowest BCUT2D eigenvalue weighted by Gasteiger charge is -2.35. The second-order valence-corrected chi connectivity index (χ2v) is 5.11. The summed E-state index contributed by atoms with van der Waals surface area (Å²) in [6, 6.07) is 0. The standard InChI is InChI=1S/C12H16ClN3O/c1-8-3-4-16(7-9(8)2)12(17)10-5-14-6-11(13)15-10/h5-6,8-9H,3-4,7H2,1-2H3. The Morgan fingerprint density at radius 2 is 2.18 bits per heavy atom. The van der Waals surface area contributed by atoms with Crippen LogP contribution >= 0.6 is 11.6 Å². The number of likely N-dealkylation sites (tertiary alicyclic amines) is 1. The predicted molar refractivity (Wildman–Crippen MR) is 65.9 cm³/mol. The maximum atomic E-state index is 12.2. The van der Waals surface area contributed by atoms with Crippen LogP contribution in [-0.2, 0) is 0 Å². The Kier molecular flexibility index (Phi) is 3.62. The van der Waals surface area contributed by atoms with E-state index in [0.717, 1.165) is 19.5 Å². The number of halogens is 1. The van der Waals surface area contributed by atoms with E-state index in [2.05, 4.69) is 23.8 Å². The molecule has 17 heavy (non-hydrogen) atoms. The van der Waals surface area contributed by atoms with Gasteiger partial charge in [0.2, 0.25) is 0 Å². The molecule has 0 saturated carbocycles. The Labute approximate surface area is 106 Å². The van der Waals surface area contributed by atoms with E-state index in [4.69, 9.17) is 11.6 Å². The van der Waals surface area contributed by atoms with Crippen LogP contribution in [-0.4, -0.2) is 33.9 Å². The molecule has 1 amide bonds. The van der Waals surface area contributed by atoms with Gasteiger partial charge in [-0.25, -0.2) is 4.98 Å². The van der Waals surface area contributed by atoms with Crippen LogP contribution < -0.4 is 0 Å². The van der Waals surface area contributed by atoms with Crippen molar-refractivity contribution in [3.8, 4) is 0 Å². The van der Waals surface area contributed by atoms with Crippen molar-refractivity contribution in [3.05, 3.63) is 23.2 Å². The van der Waals surface area contributed by atoms with Crippen LogP contribution in [0.1, 0.15) is 30.8 Å². The molecule has 2 heterocycles. The van der Waals surface area contributed by atoms with E-state index < -0.39 is 0 Å². The van der Waals surface area contributed by atoms with Gasteiger partial charge in [0.05, 0.1) is 12.4 Å². The van der Waals surface area contributed by atoms with Gasteiger partial charge in [-0.05, 0) is 18.3 Å². The molecule has 92 valence electrons. The Bertz CT molecular complexity index is 424. The summed E-state index contributed by atoms with van der Waals surface area (Å²) < 4.78 is 0. The largest absolute Gasteiger partial charge is 0.337 e. The van der Waals surface area contributed by atoms with Gasteiger partial charge in [-0.2, -0.15) is 0 Å². The van der Waals surface area contributed by atoms with Crippen molar-refractivity contribution >= 4 is 17.5 Å². The van der Waals surface area contributed by atoms with Crippen molar-refractivity contribution in [3.63, 3.8) is 0 Å². The second-order valence-electron chi connectivity index (χ2n) is 4.72. The summed E-state index contributed by atoms with van der Waals surface area (Å²) in [4.78, 5) is 21.9. The molecule has 0 bridgehead atoms. The SMILES string of the molecule is CC1CCN(C(=O)c2cncc(Cl)n2)CC1C. The van der Waals surface area contributed by atoms with Crippen LogP contribution in [0.4, 0.5) is 0 Å². The van der Waals surface area contributed by atoms with Crippen molar-refractivity contribution in [1.82, 2.24) is 14.9 Å². The van der Waals surface area contributed by atoms with Gasteiger partial charge in [0.1, 0.15) is 10.8 Å². The third-order valence-electron chi connectivity index (χ3n) is 3.45. The van der Waals surface area contributed by atoms with E-state index >= 15 is 0 Å². The summed E-state index contributed by atoms with van der Waals surface area (Å²) in [5, 5.41) is 0.259. The van der Waals surface area contributed by atoms with E-state index in [0.29, 0.717) is 17.5 Å². The molecule has 0 aromatic carbocycles. The van der Waals surface area contributed by atoms with Crippen LogP contribution in [0.15, 0.2) is 12.4 Å². The first kappa shape index (κ1) is 12.3. The zero-order valence-corrected chi connectivity index (χ0v) is 10.8. The molecule has 1 aliphatic heterocycles. The number of nitrogens with zero attached hydrogens (tertiary/aromatic N) is 3. The second kappa shape index (κ2) is 5.00. The Balaban J connectivity index is 2.10. The average Bonchev–Trinajstić information content (AvgIpc) is 2.32. The van der Waals surface area contributed by atoms with Gasteiger partial charge in [-0.3, -0.25) is 9.78 Å². The third kappa shape index (κ3) is 2.75. The van der Waals surface area contributed by atoms with E-state index in [9.17, 15) is 4.79 Å². The smallest absolute Gasteiger partial charge is 0.274 e. The number of carbonyl (C=O) groups excluding carboxylic acids is 1. The molecule has 1 aromatic heterocycles. The minimum Gasteiger partial charge on any atom is -0.337 e. The Hall–Kier alpha value is -1.16. The molecule has 0 radical (unpaired) electrons. The van der Waals surface area contributed by atoms with Crippen LogP contribution in [0.3, 0.4) is 0 Å². The normalized spacial score (nSPS) is 24.8. The molecular weight excluding hydrogens is 238 g/mol. The van der Waals surface area contributed by atoms with Crippen molar-refractivity contribution in [2.24, 2.45) is 11.8 Å². The van der Waals surface area contributed by atoms with Gasteiger partial charge in [0, 0.05) is 13.1 Å². The summed E-state index contributed by atoms with van der Waals surface area (Å²) in [7, 11) is 0. The lowest BCUT2D eigenvalue weighted by Crippen LogP contribution is -2.42. The zero-order chi connectivity index (χ0) is 12.4. The van der Waals surface area contributed by atoms with Gasteiger partial charge in [-0.15, -0.1) is 0 Å². The fraction of sp³-hybridized carbons (Fsp3) is 0.583. The lowest BCUT2D eigenvalue weighted by atomic mass is 9.88. The monoisotopic (exact) mass is 253 g/mol. The van der Waals surface area contributed by atoms with Crippen LogP contribution in [0, 0.1) is 11.8 Å². The van der Waals surface area contributed by atoms with E-state index in [1.807, 2.05) is 4.90 Å². The molecule has 0 N–H and O–H groups in total. The molecule has 1 aromatic rings. The Morgan fingerprint density at radius 1 is 1.41 bits per heavy atom. The van der Waals surface area contributed by atoms with Gasteiger partial charge in [-0.1, -0.05) is 25.4 Å². The first-order chi connectivity index (χ1) is 8.08. The van der Waals surface area contributed by atoms with E-state index in [-0.39, 0.29) is 11.1 Å². The number of hydrogen-bond acceptors (Lipinski definition) is 3. The first-order valence-electron chi connectivity index (χ1n) is 5.84. The number of amides is 1. The summed E-state index contributed by atoms with van der Waals surface area (Å²) in [6.07, 6.45) is 3.94. The quantitative estimate of drug-likeness (QED) is 0.771. The molecule has 0 aliphatic carbocycles. The highest BCUT2D eigenvalue weighted by molar-refractivity contribution is 6.29. The van der Waals surface area contributed by atoms with Crippen LogP contribution in [0.2, 0.25) is 5.15 Å². The van der Waals surface area contributed by atoms with Crippen molar-refractivity contribution in [2.45, 2.75) is 20.3 Å². The molecule has 1 fully saturated rings. The number of aromatic nitrogens is 2. The maximum Gasteiger partial charge on any atom is 0.274 e. The van der Waals surface area contributed by atoms with Gasteiger partial charge in [0.15, 0.2) is 0 Å². The highest BCUT2D eigenvalue weighted by Crippen LogP contribution is 2.23. The topological polar surface area (TPSA) is 46.1 Å². The van der Waals surface area contributed by atoms with Gasteiger partial charge >= 0.3 is 0 Å². The number of carbonyl (C=O) groups is 1. The zero-order valence-electron chi connectivity index (χ0n) is 10.1. The van der Waals surface area contributed by atoms with E-state index in [1.54, 1.807) is 0 Å². The predicted octanol–water partition coefficient (Wildman–Crippen LogP) is 2.25. The van der Waals surface area contributed by atoms with Crippen LogP contribution in [0.25, 0.3) is 0 Å². The molecule has 0 spiro atoms. The molecule has 2 rings (SSSR count). The lowest BCUT2D eigenvalue weighted by molar-refractivity contribution is 0.0621. The minimum atomic E-state index is -0.0706. The third-order valence-corrected chi connectivity index (χ3v) is 3.63. The summed E-state index contributed by atoms with van der Waals surface area (Å²) >= 11 is 5.74. The van der Waals surface area contributed by atoms with Gasteiger partial charge in [0.25, 0.3) is 5.91 Å². The highest BCUT2D eigenvalue weighted by atomic mass is 35.5. The van der Waals surface area contributed by atoms with E-state index in [1.165, 1.54) is 12.4 Å². The number of hydrogen-bond donors (Lipinski definition) is 0. The molecule has 4 nitrogen and oxygen atoms in total. The molecule has 2 atom stereocenters. The maximum absolute atomic E-state index is 12.2. The fourth-order valence-corrected chi connectivity index (χ4v) is 2.20.